The monoisotopic (exact) mass is 496 g/mol. The van der Waals surface area contributed by atoms with Gasteiger partial charge in [0.05, 0.1) is 12.1 Å². The van der Waals surface area contributed by atoms with E-state index in [4.69, 9.17) is 9.90 Å². The van der Waals surface area contributed by atoms with Crippen LogP contribution in [-0.2, 0) is 11.3 Å². The van der Waals surface area contributed by atoms with Crippen LogP contribution in [0.2, 0.25) is 0 Å². The average molecular weight is 497 g/mol. The molecule has 0 radical (unpaired) electrons. The standard InChI is InChI=1S/C19H22N6OS.C2HF3O2/c1-23-9-11-24(12-10-23)17-6-3-2-5-16(17)18(26)20-13-15-14-21-19(27-15)25-8-4-7-22-25;3-2(4,5)1(6)7/h2-8,14H,9-13H2,1H3,(H,20,26);(H,6,7). The van der Waals surface area contributed by atoms with Crippen molar-refractivity contribution in [2.24, 2.45) is 0 Å². The van der Waals surface area contributed by atoms with E-state index in [-0.39, 0.29) is 5.91 Å². The summed E-state index contributed by atoms with van der Waals surface area (Å²) in [5, 5.41) is 15.1. The number of nitrogens with zero attached hydrogens (tertiary/aromatic N) is 5. The zero-order valence-corrected chi connectivity index (χ0v) is 19.0. The highest BCUT2D eigenvalue weighted by atomic mass is 32.1. The molecule has 3 heterocycles. The Bertz CT molecular complexity index is 1100. The highest BCUT2D eigenvalue weighted by Gasteiger charge is 2.38. The Kier molecular flexibility index (Phi) is 8.23. The molecular formula is C21H23F3N6O3S. The van der Waals surface area contributed by atoms with Crippen molar-refractivity contribution in [1.82, 2.24) is 25.0 Å². The van der Waals surface area contributed by atoms with E-state index in [0.29, 0.717) is 6.54 Å². The fourth-order valence-electron chi connectivity index (χ4n) is 3.12. The van der Waals surface area contributed by atoms with Gasteiger partial charge in [-0.05, 0) is 25.2 Å². The van der Waals surface area contributed by atoms with Crippen LogP contribution in [0.5, 0.6) is 0 Å². The van der Waals surface area contributed by atoms with E-state index >= 15 is 0 Å². The summed E-state index contributed by atoms with van der Waals surface area (Å²) in [6.07, 6.45) is 0.278. The van der Waals surface area contributed by atoms with Gasteiger partial charge in [0, 0.05) is 55.3 Å². The number of rotatable bonds is 5. The van der Waals surface area contributed by atoms with Gasteiger partial charge in [0.25, 0.3) is 5.91 Å². The molecule has 0 aliphatic carbocycles. The molecule has 182 valence electrons. The second kappa shape index (κ2) is 11.1. The maximum absolute atomic E-state index is 12.8. The number of anilines is 1. The van der Waals surface area contributed by atoms with E-state index in [1.807, 2.05) is 36.5 Å². The van der Waals surface area contributed by atoms with Crippen LogP contribution in [0.25, 0.3) is 5.13 Å². The summed E-state index contributed by atoms with van der Waals surface area (Å²) in [6.45, 7) is 4.33. The molecule has 1 aliphatic rings. The van der Waals surface area contributed by atoms with Crippen LogP contribution in [0.15, 0.2) is 48.9 Å². The van der Waals surface area contributed by atoms with E-state index in [1.165, 1.54) is 11.3 Å². The van der Waals surface area contributed by atoms with Crippen LogP contribution in [0.3, 0.4) is 0 Å². The lowest BCUT2D eigenvalue weighted by atomic mass is 10.1. The molecule has 34 heavy (non-hydrogen) atoms. The van der Waals surface area contributed by atoms with Gasteiger partial charge in [-0.2, -0.15) is 18.3 Å². The van der Waals surface area contributed by atoms with Crippen LogP contribution in [-0.4, -0.2) is 76.1 Å². The molecular weight excluding hydrogens is 473 g/mol. The first-order valence-electron chi connectivity index (χ1n) is 10.2. The summed E-state index contributed by atoms with van der Waals surface area (Å²) in [5.74, 6) is -2.81. The number of hydrogen-bond acceptors (Lipinski definition) is 7. The highest BCUT2D eigenvalue weighted by molar-refractivity contribution is 7.14. The van der Waals surface area contributed by atoms with Gasteiger partial charge in [-0.3, -0.25) is 4.79 Å². The molecule has 0 atom stereocenters. The van der Waals surface area contributed by atoms with Crippen molar-refractivity contribution in [3.8, 4) is 5.13 Å². The zero-order valence-electron chi connectivity index (χ0n) is 18.2. The lowest BCUT2D eigenvalue weighted by Crippen LogP contribution is -2.45. The number of carboxylic acid groups (broad SMARTS) is 1. The molecule has 2 N–H and O–H groups in total. The number of carbonyl (C=O) groups is 2. The molecule has 3 aromatic rings. The Morgan fingerprint density at radius 1 is 1.15 bits per heavy atom. The second-order valence-electron chi connectivity index (χ2n) is 7.35. The maximum Gasteiger partial charge on any atom is 0.490 e. The van der Waals surface area contributed by atoms with Gasteiger partial charge in [0.2, 0.25) is 5.13 Å². The molecule has 4 rings (SSSR count). The number of alkyl halides is 3. The van der Waals surface area contributed by atoms with Gasteiger partial charge in [0.15, 0.2) is 0 Å². The third kappa shape index (κ3) is 6.78. The second-order valence-corrected chi connectivity index (χ2v) is 8.45. The van der Waals surface area contributed by atoms with Crippen molar-refractivity contribution in [2.75, 3.05) is 38.1 Å². The van der Waals surface area contributed by atoms with E-state index in [1.54, 1.807) is 17.1 Å². The number of aromatic nitrogens is 3. The number of aliphatic carboxylic acids is 1. The minimum absolute atomic E-state index is 0.0569. The van der Waals surface area contributed by atoms with Gasteiger partial charge < -0.3 is 20.2 Å². The molecule has 0 unspecified atom stereocenters. The molecule has 1 aliphatic heterocycles. The van der Waals surface area contributed by atoms with E-state index < -0.39 is 12.1 Å². The number of para-hydroxylation sites is 1. The largest absolute Gasteiger partial charge is 0.490 e. The van der Waals surface area contributed by atoms with E-state index in [0.717, 1.165) is 47.4 Å². The highest BCUT2D eigenvalue weighted by Crippen LogP contribution is 2.22. The Morgan fingerprint density at radius 2 is 1.82 bits per heavy atom. The first-order valence-corrected chi connectivity index (χ1v) is 11.0. The molecule has 1 amide bonds. The number of thiazole rings is 1. The molecule has 1 aromatic carbocycles. The molecule has 0 bridgehead atoms. The number of piperazine rings is 1. The smallest absolute Gasteiger partial charge is 0.475 e. The number of nitrogens with one attached hydrogen (secondary N) is 1. The maximum atomic E-state index is 12.8. The zero-order chi connectivity index (χ0) is 24.7. The Hall–Kier alpha value is -3.45. The minimum Gasteiger partial charge on any atom is -0.475 e. The van der Waals surface area contributed by atoms with Gasteiger partial charge in [-0.15, -0.1) is 0 Å². The van der Waals surface area contributed by atoms with Crippen molar-refractivity contribution in [1.29, 1.82) is 0 Å². The van der Waals surface area contributed by atoms with Crippen molar-refractivity contribution in [3.63, 3.8) is 0 Å². The van der Waals surface area contributed by atoms with Crippen molar-refractivity contribution >= 4 is 28.9 Å². The number of benzene rings is 1. The molecule has 1 saturated heterocycles. The Labute approximate surface area is 197 Å². The SMILES string of the molecule is CN1CCN(c2ccccc2C(=O)NCc2cnc(-n3cccn3)s2)CC1.O=C(O)C(F)(F)F. The quantitative estimate of drug-likeness (QED) is 0.560. The van der Waals surface area contributed by atoms with Crippen LogP contribution >= 0.6 is 11.3 Å². The van der Waals surface area contributed by atoms with E-state index in [9.17, 15) is 18.0 Å². The topological polar surface area (TPSA) is 104 Å². The predicted octanol–water partition coefficient (Wildman–Crippen LogP) is 2.64. The van der Waals surface area contributed by atoms with Gasteiger partial charge >= 0.3 is 12.1 Å². The first kappa shape index (κ1) is 25.2. The number of hydrogen-bond donors (Lipinski definition) is 2. The molecule has 0 spiro atoms. The third-order valence-electron chi connectivity index (χ3n) is 4.90. The van der Waals surface area contributed by atoms with Crippen molar-refractivity contribution < 1.29 is 27.9 Å². The van der Waals surface area contributed by atoms with Gasteiger partial charge in [0.1, 0.15) is 0 Å². The first-order chi connectivity index (χ1) is 16.1. The number of carbonyl (C=O) groups excluding carboxylic acids is 1. The van der Waals surface area contributed by atoms with Crippen LogP contribution < -0.4 is 10.2 Å². The molecule has 1 fully saturated rings. The van der Waals surface area contributed by atoms with Gasteiger partial charge in [-0.1, -0.05) is 23.5 Å². The number of halogens is 3. The van der Waals surface area contributed by atoms with Crippen LogP contribution in [0.1, 0.15) is 15.2 Å². The van der Waals surface area contributed by atoms with Crippen LogP contribution in [0, 0.1) is 0 Å². The summed E-state index contributed by atoms with van der Waals surface area (Å²) in [7, 11) is 2.13. The minimum atomic E-state index is -5.08. The Balaban J connectivity index is 0.000000406. The van der Waals surface area contributed by atoms with Gasteiger partial charge in [-0.25, -0.2) is 14.5 Å². The Morgan fingerprint density at radius 3 is 2.44 bits per heavy atom. The van der Waals surface area contributed by atoms with Crippen molar-refractivity contribution in [2.45, 2.75) is 12.7 Å². The lowest BCUT2D eigenvalue weighted by molar-refractivity contribution is -0.192. The van der Waals surface area contributed by atoms with E-state index in [2.05, 4.69) is 32.2 Å². The third-order valence-corrected chi connectivity index (χ3v) is 5.89. The summed E-state index contributed by atoms with van der Waals surface area (Å²) in [6, 6.07) is 9.69. The number of carboxylic acids is 1. The predicted molar refractivity (Wildman–Crippen MR) is 120 cm³/mol. The summed E-state index contributed by atoms with van der Waals surface area (Å²) in [4.78, 5) is 31.6. The fraction of sp³-hybridized carbons (Fsp3) is 0.333. The van der Waals surface area contributed by atoms with Crippen molar-refractivity contribution in [3.05, 3.63) is 59.4 Å². The number of amides is 1. The summed E-state index contributed by atoms with van der Waals surface area (Å²) >= 11 is 1.52. The molecule has 9 nitrogen and oxygen atoms in total. The summed E-state index contributed by atoms with van der Waals surface area (Å²) in [5.41, 5.74) is 1.73. The lowest BCUT2D eigenvalue weighted by Gasteiger charge is -2.35. The summed E-state index contributed by atoms with van der Waals surface area (Å²) < 4.78 is 33.5. The molecule has 2 aromatic heterocycles. The average Bonchev–Trinajstić information content (AvgIpc) is 3.50. The van der Waals surface area contributed by atoms with Crippen LogP contribution in [0.4, 0.5) is 18.9 Å². The molecule has 0 saturated carbocycles. The normalized spacial score (nSPS) is 14.3. The molecule has 13 heteroatoms. The number of likely N-dealkylation sites (N-methyl/N-ethyl adjacent to an activating group) is 1. The fourth-order valence-corrected chi connectivity index (χ4v) is 3.91.